The van der Waals surface area contributed by atoms with Crippen LogP contribution in [0.2, 0.25) is 0 Å². The second kappa shape index (κ2) is 17.7. The van der Waals surface area contributed by atoms with Gasteiger partial charge in [0.25, 0.3) is 0 Å². The van der Waals surface area contributed by atoms with Gasteiger partial charge in [0.1, 0.15) is 18.1 Å². The van der Waals surface area contributed by atoms with Crippen molar-refractivity contribution >= 4 is 40.6 Å². The molecule has 13 N–H and O–H groups in total. The summed E-state index contributed by atoms with van der Waals surface area (Å²) in [5.74, 6) is -3.36. The monoisotopic (exact) mass is 601 g/mol. The maximum Gasteiger partial charge on any atom is 0.326 e. The fraction of sp³-hybridized carbons (Fsp3) is 0.552. The van der Waals surface area contributed by atoms with Crippen LogP contribution in [0.3, 0.4) is 0 Å². The van der Waals surface area contributed by atoms with Crippen LogP contribution in [0.4, 0.5) is 0 Å². The van der Waals surface area contributed by atoms with Crippen molar-refractivity contribution in [3.63, 3.8) is 0 Å². The molecule has 0 aliphatic rings. The van der Waals surface area contributed by atoms with Crippen LogP contribution in [0, 0.1) is 5.92 Å². The van der Waals surface area contributed by atoms with Gasteiger partial charge in [-0.2, -0.15) is 0 Å². The molecule has 1 aromatic heterocycles. The number of carboxylic acids is 1. The van der Waals surface area contributed by atoms with E-state index in [0.29, 0.717) is 32.2 Å². The lowest BCUT2D eigenvalue weighted by molar-refractivity contribution is -0.143. The first kappa shape index (κ1) is 35.0. The summed E-state index contributed by atoms with van der Waals surface area (Å²) in [6.07, 6.45) is 4.43. The molecule has 0 fully saturated rings. The Morgan fingerprint density at radius 3 is 2.28 bits per heavy atom. The number of aromatic amines is 1. The molecule has 2 aromatic rings. The molecule has 3 amide bonds. The van der Waals surface area contributed by atoms with Gasteiger partial charge in [0, 0.05) is 23.6 Å². The highest BCUT2D eigenvalue weighted by atomic mass is 16.4. The summed E-state index contributed by atoms with van der Waals surface area (Å²) in [5.41, 5.74) is 24.4. The molecule has 0 saturated carbocycles. The van der Waals surface area contributed by atoms with Gasteiger partial charge in [-0.15, -0.1) is 0 Å². The van der Waals surface area contributed by atoms with E-state index in [4.69, 9.17) is 22.9 Å². The van der Waals surface area contributed by atoms with Crippen LogP contribution < -0.4 is 38.9 Å². The third-order valence-corrected chi connectivity index (χ3v) is 7.38. The van der Waals surface area contributed by atoms with Crippen molar-refractivity contribution < 1.29 is 24.3 Å². The van der Waals surface area contributed by atoms with Crippen molar-refractivity contribution in [3.8, 4) is 0 Å². The van der Waals surface area contributed by atoms with Gasteiger partial charge in [-0.25, -0.2) is 4.79 Å². The molecule has 14 heteroatoms. The molecule has 5 unspecified atom stereocenters. The Labute approximate surface area is 251 Å². The first-order valence-corrected chi connectivity index (χ1v) is 14.7. The predicted octanol–water partition coefficient (Wildman–Crippen LogP) is -0.195. The number of aromatic nitrogens is 1. The van der Waals surface area contributed by atoms with Gasteiger partial charge in [-0.3, -0.25) is 19.4 Å². The summed E-state index contributed by atoms with van der Waals surface area (Å²) < 4.78 is 0. The molecular formula is C29H47N9O5. The third-order valence-electron chi connectivity index (χ3n) is 7.38. The molecule has 43 heavy (non-hydrogen) atoms. The van der Waals surface area contributed by atoms with Crippen LogP contribution >= 0.6 is 0 Å². The second-order valence-corrected chi connectivity index (χ2v) is 10.7. The minimum absolute atomic E-state index is 0.0984. The van der Waals surface area contributed by atoms with Gasteiger partial charge >= 0.3 is 5.97 Å². The van der Waals surface area contributed by atoms with E-state index >= 15 is 0 Å². The topological polar surface area (TPSA) is 257 Å². The summed E-state index contributed by atoms with van der Waals surface area (Å²) in [6, 6.07) is 3.48. The number of carbonyl (C=O) groups is 4. The van der Waals surface area contributed by atoms with Gasteiger partial charge < -0.3 is 49.0 Å². The number of carboxylic acid groups (broad SMARTS) is 1. The number of fused-ring (bicyclic) bond motifs is 1. The number of aliphatic carboxylic acids is 1. The molecule has 0 aliphatic heterocycles. The van der Waals surface area contributed by atoms with Crippen LogP contribution in [-0.2, 0) is 25.6 Å². The van der Waals surface area contributed by atoms with E-state index in [9.17, 15) is 24.3 Å². The Morgan fingerprint density at radius 2 is 1.63 bits per heavy atom. The predicted molar refractivity (Wildman–Crippen MR) is 166 cm³/mol. The maximum atomic E-state index is 13.5. The largest absolute Gasteiger partial charge is 0.480 e. The van der Waals surface area contributed by atoms with E-state index < -0.39 is 47.9 Å². The maximum absolute atomic E-state index is 13.5. The number of aliphatic imine (C=N–C) groups is 1. The van der Waals surface area contributed by atoms with Crippen LogP contribution in [0.1, 0.15) is 57.9 Å². The number of benzene rings is 1. The van der Waals surface area contributed by atoms with E-state index in [1.54, 1.807) is 13.1 Å². The molecule has 0 saturated heterocycles. The van der Waals surface area contributed by atoms with Crippen molar-refractivity contribution in [2.24, 2.45) is 33.8 Å². The van der Waals surface area contributed by atoms with Crippen LogP contribution in [0.25, 0.3) is 10.9 Å². The second-order valence-electron chi connectivity index (χ2n) is 10.7. The van der Waals surface area contributed by atoms with Crippen LogP contribution in [0.5, 0.6) is 0 Å². The number of hydrogen-bond donors (Lipinski definition) is 9. The first-order chi connectivity index (χ1) is 20.5. The number of nitrogens with one attached hydrogen (secondary N) is 4. The van der Waals surface area contributed by atoms with Crippen molar-refractivity contribution in [2.45, 2.75) is 83.0 Å². The minimum atomic E-state index is -1.17. The zero-order valence-corrected chi connectivity index (χ0v) is 25.0. The van der Waals surface area contributed by atoms with Gasteiger partial charge in [-0.05, 0) is 62.6 Å². The van der Waals surface area contributed by atoms with Gasteiger partial charge in [-0.1, -0.05) is 38.5 Å². The third kappa shape index (κ3) is 11.2. The average Bonchev–Trinajstić information content (AvgIpc) is 3.38. The van der Waals surface area contributed by atoms with Gasteiger partial charge in [0.05, 0.1) is 6.04 Å². The van der Waals surface area contributed by atoms with Crippen molar-refractivity contribution in [3.05, 3.63) is 36.0 Å². The van der Waals surface area contributed by atoms with Gasteiger partial charge in [0.15, 0.2) is 5.96 Å². The molecule has 0 bridgehead atoms. The Bertz CT molecular complexity index is 1240. The number of guanidine groups is 1. The molecule has 1 aromatic carbocycles. The van der Waals surface area contributed by atoms with E-state index in [1.807, 2.05) is 31.2 Å². The SMILES string of the molecule is CCC(C)C(NC(=O)C(CCCN=C(N)N)NC(=O)C(N)Cc1c[nH]c2ccccc12)C(=O)NC(CCCCN)C(=O)O. The summed E-state index contributed by atoms with van der Waals surface area (Å²) in [4.78, 5) is 58.8. The fourth-order valence-corrected chi connectivity index (χ4v) is 4.65. The zero-order chi connectivity index (χ0) is 31.9. The number of rotatable bonds is 19. The highest BCUT2D eigenvalue weighted by molar-refractivity contribution is 5.94. The van der Waals surface area contributed by atoms with Gasteiger partial charge in [0.2, 0.25) is 17.7 Å². The molecule has 0 aliphatic carbocycles. The number of H-pyrrole nitrogens is 1. The molecule has 5 atom stereocenters. The fourth-order valence-electron chi connectivity index (χ4n) is 4.65. The molecule has 0 spiro atoms. The van der Waals surface area contributed by atoms with Crippen LogP contribution in [-0.4, -0.2) is 77.0 Å². The highest BCUT2D eigenvalue weighted by Crippen LogP contribution is 2.19. The minimum Gasteiger partial charge on any atom is -0.480 e. The first-order valence-electron chi connectivity index (χ1n) is 14.7. The lowest BCUT2D eigenvalue weighted by Crippen LogP contribution is -2.58. The molecule has 1 heterocycles. The quantitative estimate of drug-likeness (QED) is 0.0586. The van der Waals surface area contributed by atoms with Crippen molar-refractivity contribution in [2.75, 3.05) is 13.1 Å². The Kier molecular flexibility index (Phi) is 14.4. The lowest BCUT2D eigenvalue weighted by atomic mass is 9.96. The molecule has 238 valence electrons. The molecule has 2 rings (SSSR count). The number of carbonyl (C=O) groups excluding carboxylic acids is 3. The number of para-hydroxylation sites is 1. The highest BCUT2D eigenvalue weighted by Gasteiger charge is 2.32. The lowest BCUT2D eigenvalue weighted by Gasteiger charge is -2.28. The number of nitrogens with zero attached hydrogens (tertiary/aromatic N) is 1. The van der Waals surface area contributed by atoms with E-state index in [2.05, 4.69) is 25.9 Å². The van der Waals surface area contributed by atoms with Crippen molar-refractivity contribution in [1.82, 2.24) is 20.9 Å². The molecular weight excluding hydrogens is 554 g/mol. The average molecular weight is 602 g/mol. The number of nitrogens with two attached hydrogens (primary N) is 4. The number of amides is 3. The van der Waals surface area contributed by atoms with E-state index in [1.165, 1.54) is 0 Å². The summed E-state index contributed by atoms with van der Waals surface area (Å²) in [5, 5.41) is 18.6. The normalized spacial score (nSPS) is 14.6. The zero-order valence-electron chi connectivity index (χ0n) is 25.0. The number of hydrogen-bond acceptors (Lipinski definition) is 7. The Balaban J connectivity index is 2.17. The molecule has 14 nitrogen and oxygen atoms in total. The molecule has 0 radical (unpaired) electrons. The summed E-state index contributed by atoms with van der Waals surface area (Å²) >= 11 is 0. The van der Waals surface area contributed by atoms with E-state index in [0.717, 1.165) is 16.5 Å². The van der Waals surface area contributed by atoms with Crippen molar-refractivity contribution in [1.29, 1.82) is 0 Å². The van der Waals surface area contributed by atoms with Crippen LogP contribution in [0.15, 0.2) is 35.5 Å². The summed E-state index contributed by atoms with van der Waals surface area (Å²) in [7, 11) is 0. The van der Waals surface area contributed by atoms with E-state index in [-0.39, 0.29) is 37.7 Å². The Hall–Kier alpha value is -4.17. The smallest absolute Gasteiger partial charge is 0.326 e. The summed E-state index contributed by atoms with van der Waals surface area (Å²) in [6.45, 7) is 4.26. The Morgan fingerprint density at radius 1 is 0.953 bits per heavy atom. The standard InChI is InChI=1S/C29H47N9O5/c1-3-17(2)24(27(41)37-23(28(42)43)11-6-7-13-30)38-26(40)22(12-8-14-34-29(32)33)36-25(39)20(31)15-18-16-35-21-10-5-4-9-19(18)21/h4-5,9-10,16-17,20,22-24,35H,3,6-8,11-15,30-31H2,1-2H3,(H,36,39)(H,37,41)(H,38,40)(H,42,43)(H4,32,33,34). The number of unbranched alkanes of at least 4 members (excludes halogenated alkanes) is 1.